The molecule has 14 heteroatoms. The van der Waals surface area contributed by atoms with Crippen molar-refractivity contribution in [3.05, 3.63) is 81.4 Å². The average molecular weight is 643 g/mol. The van der Waals surface area contributed by atoms with Gasteiger partial charge in [0.2, 0.25) is 11.3 Å². The molecule has 1 atom stereocenters. The molecule has 0 bridgehead atoms. The van der Waals surface area contributed by atoms with Crippen molar-refractivity contribution in [1.29, 1.82) is 0 Å². The maximum atomic E-state index is 14.6. The molecule has 1 unspecified atom stereocenters. The number of aromatic carboxylic acids is 1. The van der Waals surface area contributed by atoms with Gasteiger partial charge in [0, 0.05) is 43.5 Å². The van der Waals surface area contributed by atoms with Crippen molar-refractivity contribution in [2.24, 2.45) is 0 Å². The molecule has 1 aromatic carbocycles. The van der Waals surface area contributed by atoms with Gasteiger partial charge in [0.25, 0.3) is 0 Å². The Morgan fingerprint density at radius 1 is 1.18 bits per heavy atom. The molecule has 2 saturated heterocycles. The Bertz CT molecular complexity index is 1810. The van der Waals surface area contributed by atoms with Gasteiger partial charge in [0.05, 0.1) is 34.7 Å². The van der Waals surface area contributed by atoms with E-state index in [9.17, 15) is 27.9 Å². The van der Waals surface area contributed by atoms with Gasteiger partial charge >= 0.3 is 12.1 Å². The standard InChI is InChI=1S/C31H30ClF3N6O4/c1-38(2)20-14-39(15-20)27-8-7-18(13-37-27)41-16-22(30(43)44)28(42)21-11-23(31(33,34)35)26(12-25(21)41)40-10-4-5-19(40)17-45-29-24(32)6-3-9-36-29/h3,6-9,11-13,16,19-20H,4-5,10,14-15,17H2,1-2H3,(H,43,44). The number of likely N-dealkylation sites (N-methyl/N-ethyl adjacent to an activating group) is 1. The maximum Gasteiger partial charge on any atom is 0.418 e. The molecule has 1 N–H and O–H groups in total. The molecule has 2 aliphatic rings. The first-order chi connectivity index (χ1) is 21.4. The van der Waals surface area contributed by atoms with Crippen molar-refractivity contribution in [1.82, 2.24) is 19.4 Å². The number of hydrogen-bond acceptors (Lipinski definition) is 8. The van der Waals surface area contributed by atoms with Crippen molar-refractivity contribution in [3.63, 3.8) is 0 Å². The molecule has 45 heavy (non-hydrogen) atoms. The zero-order valence-corrected chi connectivity index (χ0v) is 25.2. The lowest BCUT2D eigenvalue weighted by Gasteiger charge is -2.43. The van der Waals surface area contributed by atoms with E-state index in [-0.39, 0.29) is 34.1 Å². The minimum absolute atomic E-state index is 0.0351. The van der Waals surface area contributed by atoms with E-state index in [1.807, 2.05) is 14.1 Å². The molecule has 0 amide bonds. The smallest absolute Gasteiger partial charge is 0.418 e. The first-order valence-corrected chi connectivity index (χ1v) is 14.7. The number of hydrogen-bond donors (Lipinski definition) is 1. The summed E-state index contributed by atoms with van der Waals surface area (Å²) >= 11 is 6.16. The lowest BCUT2D eigenvalue weighted by molar-refractivity contribution is -0.137. The van der Waals surface area contributed by atoms with Crippen LogP contribution in [0, 0.1) is 0 Å². The minimum Gasteiger partial charge on any atom is -0.477 e. The fourth-order valence-electron chi connectivity index (χ4n) is 5.85. The largest absolute Gasteiger partial charge is 0.477 e. The van der Waals surface area contributed by atoms with Crippen LogP contribution >= 0.6 is 11.6 Å². The Labute approximate surface area is 261 Å². The lowest BCUT2D eigenvalue weighted by atomic mass is 10.0. The third-order valence-electron chi connectivity index (χ3n) is 8.41. The van der Waals surface area contributed by atoms with Gasteiger partial charge in [-0.3, -0.25) is 4.79 Å². The SMILES string of the molecule is CN(C)C1CN(c2ccc(-n3cc(C(=O)O)c(=O)c4cc(C(F)(F)F)c(N5CCCC5COc5ncccc5Cl)cc43)cn2)C1. The molecular formula is C31H30ClF3N6O4. The highest BCUT2D eigenvalue weighted by Gasteiger charge is 2.39. The number of rotatable bonds is 8. The van der Waals surface area contributed by atoms with E-state index in [0.29, 0.717) is 36.9 Å². The van der Waals surface area contributed by atoms with Crippen molar-refractivity contribution >= 4 is 40.0 Å². The zero-order chi connectivity index (χ0) is 32.0. The Balaban J connectivity index is 1.44. The molecule has 2 fully saturated rings. The predicted molar refractivity (Wildman–Crippen MR) is 164 cm³/mol. The molecule has 0 spiro atoms. The number of aromatic nitrogens is 3. The summed E-state index contributed by atoms with van der Waals surface area (Å²) in [5.41, 5.74) is -2.30. The van der Waals surface area contributed by atoms with Crippen LogP contribution in [0.15, 0.2) is 59.8 Å². The Hall–Kier alpha value is -4.36. The summed E-state index contributed by atoms with van der Waals surface area (Å²) in [5, 5.41) is 9.71. The van der Waals surface area contributed by atoms with E-state index < -0.39 is 34.7 Å². The number of anilines is 2. The monoisotopic (exact) mass is 642 g/mol. The summed E-state index contributed by atoms with van der Waals surface area (Å²) in [6.07, 6.45) is 0.508. The third kappa shape index (κ3) is 5.89. The molecule has 6 rings (SSSR count). The van der Waals surface area contributed by atoms with E-state index in [0.717, 1.165) is 25.4 Å². The second-order valence-electron chi connectivity index (χ2n) is 11.4. The number of alkyl halides is 3. The fraction of sp³-hybridized carbons (Fsp3) is 0.355. The van der Waals surface area contributed by atoms with Gasteiger partial charge in [-0.2, -0.15) is 13.2 Å². The van der Waals surface area contributed by atoms with Crippen LogP contribution in [0.1, 0.15) is 28.8 Å². The van der Waals surface area contributed by atoms with Gasteiger partial charge < -0.3 is 29.1 Å². The molecule has 0 saturated carbocycles. The first-order valence-electron chi connectivity index (χ1n) is 14.3. The molecule has 3 aromatic heterocycles. The van der Waals surface area contributed by atoms with Crippen LogP contribution in [-0.2, 0) is 6.18 Å². The molecule has 5 heterocycles. The molecule has 10 nitrogen and oxygen atoms in total. The third-order valence-corrected chi connectivity index (χ3v) is 8.70. The van der Waals surface area contributed by atoms with Crippen LogP contribution in [-0.4, -0.2) is 82.9 Å². The van der Waals surface area contributed by atoms with Crippen molar-refractivity contribution in [2.45, 2.75) is 31.1 Å². The normalized spacial score (nSPS) is 17.3. The van der Waals surface area contributed by atoms with Crippen molar-refractivity contribution in [2.75, 3.05) is 50.1 Å². The maximum absolute atomic E-state index is 14.6. The van der Waals surface area contributed by atoms with Crippen LogP contribution in [0.2, 0.25) is 5.02 Å². The Morgan fingerprint density at radius 2 is 1.96 bits per heavy atom. The zero-order valence-electron chi connectivity index (χ0n) is 24.5. The van der Waals surface area contributed by atoms with Crippen LogP contribution in [0.5, 0.6) is 5.88 Å². The average Bonchev–Trinajstić information content (AvgIpc) is 3.44. The molecule has 236 valence electrons. The molecule has 0 aliphatic carbocycles. The van der Waals surface area contributed by atoms with Gasteiger partial charge in [-0.1, -0.05) is 11.6 Å². The Morgan fingerprint density at radius 3 is 2.60 bits per heavy atom. The summed E-state index contributed by atoms with van der Waals surface area (Å²) in [6, 6.07) is 8.75. The van der Waals surface area contributed by atoms with E-state index in [1.54, 1.807) is 29.2 Å². The molecule has 4 aromatic rings. The number of halogens is 4. The van der Waals surface area contributed by atoms with E-state index in [4.69, 9.17) is 16.3 Å². The van der Waals surface area contributed by atoms with Crippen LogP contribution in [0.3, 0.4) is 0 Å². The van der Waals surface area contributed by atoms with Gasteiger partial charge in [0.15, 0.2) is 0 Å². The summed E-state index contributed by atoms with van der Waals surface area (Å²) < 4.78 is 51.0. The van der Waals surface area contributed by atoms with Gasteiger partial charge in [-0.25, -0.2) is 14.8 Å². The Kier molecular flexibility index (Phi) is 8.08. The van der Waals surface area contributed by atoms with E-state index >= 15 is 0 Å². The minimum atomic E-state index is -4.83. The topological polar surface area (TPSA) is 104 Å². The molecular weight excluding hydrogens is 613 g/mol. The second-order valence-corrected chi connectivity index (χ2v) is 11.8. The van der Waals surface area contributed by atoms with Crippen molar-refractivity contribution < 1.29 is 27.8 Å². The first kappa shape index (κ1) is 30.7. The van der Waals surface area contributed by atoms with E-state index in [2.05, 4.69) is 19.8 Å². The number of benzene rings is 1. The van der Waals surface area contributed by atoms with Crippen LogP contribution in [0.25, 0.3) is 16.6 Å². The van der Waals surface area contributed by atoms with Gasteiger partial charge in [-0.05, 0) is 63.3 Å². The number of carboxylic acid groups (broad SMARTS) is 1. The number of carbonyl (C=O) groups is 1. The van der Waals surface area contributed by atoms with Crippen LogP contribution < -0.4 is 20.0 Å². The summed E-state index contributed by atoms with van der Waals surface area (Å²) in [5.74, 6) is -0.645. The van der Waals surface area contributed by atoms with Crippen LogP contribution in [0.4, 0.5) is 24.7 Å². The highest BCUT2D eigenvalue weighted by Crippen LogP contribution is 2.41. The van der Waals surface area contributed by atoms with E-state index in [1.165, 1.54) is 23.0 Å². The fourth-order valence-corrected chi connectivity index (χ4v) is 6.02. The summed E-state index contributed by atoms with van der Waals surface area (Å²) in [6.45, 7) is 1.93. The summed E-state index contributed by atoms with van der Waals surface area (Å²) in [4.78, 5) is 39.8. The number of carboxylic acids is 1. The second kappa shape index (κ2) is 11.9. The molecule has 0 radical (unpaired) electrons. The summed E-state index contributed by atoms with van der Waals surface area (Å²) in [7, 11) is 4.01. The number of pyridine rings is 3. The quantitative estimate of drug-likeness (QED) is 0.286. The number of ether oxygens (including phenoxy) is 1. The highest BCUT2D eigenvalue weighted by atomic mass is 35.5. The van der Waals surface area contributed by atoms with Gasteiger partial charge in [0.1, 0.15) is 23.0 Å². The van der Waals surface area contributed by atoms with Crippen molar-refractivity contribution in [3.8, 4) is 11.6 Å². The number of nitrogens with zero attached hydrogens (tertiary/aromatic N) is 6. The van der Waals surface area contributed by atoms with Gasteiger partial charge in [-0.15, -0.1) is 0 Å². The highest BCUT2D eigenvalue weighted by molar-refractivity contribution is 6.31. The lowest BCUT2D eigenvalue weighted by Crippen LogP contribution is -2.57. The molecule has 2 aliphatic heterocycles. The predicted octanol–water partition coefficient (Wildman–Crippen LogP) is 4.95. The number of fused-ring (bicyclic) bond motifs is 1.